The van der Waals surface area contributed by atoms with Gasteiger partial charge in [0, 0.05) is 0 Å². The molecule has 0 atom stereocenters. The molecule has 9 nitrogen and oxygen atoms in total. The SMILES string of the molecule is O.O.O.O=S(=O)(O)c1ccccc1.O=S(=O)(O)c1ccccc1. The predicted molar refractivity (Wildman–Crippen MR) is 83.4 cm³/mol. The summed E-state index contributed by atoms with van der Waals surface area (Å²) in [5.74, 6) is 0. The normalized spacial score (nSPS) is 9.83. The number of hydrogen-bond donors (Lipinski definition) is 2. The molecule has 0 aliphatic carbocycles. The molecule has 0 saturated heterocycles. The van der Waals surface area contributed by atoms with Crippen molar-refractivity contribution >= 4 is 20.2 Å². The summed E-state index contributed by atoms with van der Waals surface area (Å²) in [5, 5.41) is 0. The lowest BCUT2D eigenvalue weighted by atomic mass is 10.4. The molecule has 11 heteroatoms. The first-order chi connectivity index (χ1) is 9.21. The van der Waals surface area contributed by atoms with E-state index in [1.54, 1.807) is 36.4 Å². The van der Waals surface area contributed by atoms with Crippen molar-refractivity contribution in [3.63, 3.8) is 0 Å². The van der Waals surface area contributed by atoms with E-state index in [2.05, 4.69) is 0 Å². The second kappa shape index (κ2) is 10.8. The van der Waals surface area contributed by atoms with Gasteiger partial charge in [0.15, 0.2) is 0 Å². The van der Waals surface area contributed by atoms with Crippen molar-refractivity contribution in [1.29, 1.82) is 0 Å². The highest BCUT2D eigenvalue weighted by molar-refractivity contribution is 7.86. The van der Waals surface area contributed by atoms with E-state index in [1.165, 1.54) is 24.3 Å². The second-order valence-corrected chi connectivity index (χ2v) is 6.42. The van der Waals surface area contributed by atoms with Gasteiger partial charge in [-0.3, -0.25) is 9.11 Å². The van der Waals surface area contributed by atoms with Gasteiger partial charge in [0.05, 0.1) is 9.79 Å². The minimum absolute atomic E-state index is 0. The van der Waals surface area contributed by atoms with E-state index in [0.29, 0.717) is 0 Å². The van der Waals surface area contributed by atoms with Crippen molar-refractivity contribution in [1.82, 2.24) is 0 Å². The van der Waals surface area contributed by atoms with Gasteiger partial charge in [0.2, 0.25) is 0 Å². The van der Waals surface area contributed by atoms with Crippen LogP contribution in [0.2, 0.25) is 0 Å². The van der Waals surface area contributed by atoms with Crippen molar-refractivity contribution in [2.24, 2.45) is 0 Å². The second-order valence-electron chi connectivity index (χ2n) is 3.58. The number of rotatable bonds is 2. The van der Waals surface area contributed by atoms with Crippen LogP contribution in [0.15, 0.2) is 70.5 Å². The molecule has 0 aliphatic heterocycles. The Balaban J connectivity index is -0.000000308. The molecule has 2 aromatic carbocycles. The molecule has 132 valence electrons. The maximum Gasteiger partial charge on any atom is 0.294 e. The maximum absolute atomic E-state index is 10.4. The van der Waals surface area contributed by atoms with Crippen molar-refractivity contribution in [2.45, 2.75) is 9.79 Å². The fraction of sp³-hybridized carbons (Fsp3) is 0. The van der Waals surface area contributed by atoms with Crippen molar-refractivity contribution < 1.29 is 42.4 Å². The Labute approximate surface area is 133 Å². The summed E-state index contributed by atoms with van der Waals surface area (Å²) in [4.78, 5) is -0.148. The maximum atomic E-state index is 10.4. The summed E-state index contributed by atoms with van der Waals surface area (Å²) in [7, 11) is -8.01. The summed E-state index contributed by atoms with van der Waals surface area (Å²) in [6.07, 6.45) is 0. The summed E-state index contributed by atoms with van der Waals surface area (Å²) in [6.45, 7) is 0. The van der Waals surface area contributed by atoms with Gasteiger partial charge in [0.1, 0.15) is 0 Å². The van der Waals surface area contributed by atoms with Crippen LogP contribution in [0.1, 0.15) is 0 Å². The number of benzene rings is 2. The highest BCUT2D eigenvalue weighted by Gasteiger charge is 2.06. The van der Waals surface area contributed by atoms with E-state index in [-0.39, 0.29) is 26.2 Å². The lowest BCUT2D eigenvalue weighted by Gasteiger charge is -1.92. The minimum atomic E-state index is -4.00. The van der Waals surface area contributed by atoms with Crippen LogP contribution in [-0.2, 0) is 20.2 Å². The zero-order valence-electron chi connectivity index (χ0n) is 11.6. The average Bonchev–Trinajstić information content (AvgIpc) is 2.40. The molecule has 0 unspecified atom stereocenters. The average molecular weight is 370 g/mol. The molecular weight excluding hydrogens is 352 g/mol. The van der Waals surface area contributed by atoms with E-state index >= 15 is 0 Å². The topological polar surface area (TPSA) is 203 Å². The molecule has 0 amide bonds. The molecule has 0 fully saturated rings. The van der Waals surface area contributed by atoms with Crippen LogP contribution in [0.5, 0.6) is 0 Å². The van der Waals surface area contributed by atoms with E-state index in [4.69, 9.17) is 9.11 Å². The fourth-order valence-electron chi connectivity index (χ4n) is 1.18. The van der Waals surface area contributed by atoms with E-state index in [9.17, 15) is 16.8 Å². The Morgan fingerprint density at radius 1 is 0.522 bits per heavy atom. The van der Waals surface area contributed by atoms with E-state index in [1.807, 2.05) is 0 Å². The van der Waals surface area contributed by atoms with Crippen LogP contribution < -0.4 is 0 Å². The highest BCUT2D eigenvalue weighted by Crippen LogP contribution is 2.05. The van der Waals surface area contributed by atoms with Gasteiger partial charge in [-0.1, -0.05) is 36.4 Å². The summed E-state index contributed by atoms with van der Waals surface area (Å²) >= 11 is 0. The lowest BCUT2D eigenvalue weighted by molar-refractivity contribution is 0.481. The van der Waals surface area contributed by atoms with Gasteiger partial charge in [-0.05, 0) is 24.3 Å². The summed E-state index contributed by atoms with van der Waals surface area (Å²) in [5.41, 5.74) is 0. The zero-order chi connectivity index (χ0) is 15.2. The molecular formula is C12H18O9S2. The van der Waals surface area contributed by atoms with Gasteiger partial charge >= 0.3 is 0 Å². The zero-order valence-corrected chi connectivity index (χ0v) is 13.3. The molecule has 0 bridgehead atoms. The Bertz CT molecular complexity index is 674. The Morgan fingerprint density at radius 3 is 0.870 bits per heavy atom. The van der Waals surface area contributed by atoms with Crippen molar-refractivity contribution in [3.05, 3.63) is 60.7 Å². The van der Waals surface area contributed by atoms with Crippen LogP contribution in [0.3, 0.4) is 0 Å². The highest BCUT2D eigenvalue weighted by atomic mass is 32.2. The molecule has 0 heterocycles. The first kappa shape index (κ1) is 26.1. The van der Waals surface area contributed by atoms with E-state index in [0.717, 1.165) is 0 Å². The van der Waals surface area contributed by atoms with Crippen LogP contribution in [0.4, 0.5) is 0 Å². The van der Waals surface area contributed by atoms with Crippen molar-refractivity contribution in [2.75, 3.05) is 0 Å². The van der Waals surface area contributed by atoms with Crippen LogP contribution in [0, 0.1) is 0 Å². The van der Waals surface area contributed by atoms with Gasteiger partial charge in [-0.15, -0.1) is 0 Å². The smallest absolute Gasteiger partial charge is 0.294 e. The fourth-order valence-corrected chi connectivity index (χ4v) is 2.19. The quantitative estimate of drug-likeness (QED) is 0.659. The third-order valence-electron chi connectivity index (χ3n) is 2.08. The van der Waals surface area contributed by atoms with E-state index < -0.39 is 20.2 Å². The van der Waals surface area contributed by atoms with Gasteiger partial charge in [-0.25, -0.2) is 0 Å². The molecule has 0 spiro atoms. The minimum Gasteiger partial charge on any atom is -0.412 e. The molecule has 0 radical (unpaired) electrons. The Kier molecular flexibility index (Phi) is 12.2. The Hall–Kier alpha value is -1.86. The van der Waals surface area contributed by atoms with Gasteiger partial charge in [0.25, 0.3) is 20.2 Å². The molecule has 0 aromatic heterocycles. The predicted octanol–water partition coefficient (Wildman–Crippen LogP) is -0.608. The third kappa shape index (κ3) is 9.70. The standard InChI is InChI=1S/2C6H6O3S.3H2O/c2*7-10(8,9)6-4-2-1-3-5-6;;;/h2*1-5H,(H,7,8,9);3*1H2. The molecule has 0 saturated carbocycles. The molecule has 0 aliphatic rings. The molecule has 2 rings (SSSR count). The monoisotopic (exact) mass is 370 g/mol. The van der Waals surface area contributed by atoms with Crippen LogP contribution in [-0.4, -0.2) is 42.4 Å². The largest absolute Gasteiger partial charge is 0.412 e. The van der Waals surface area contributed by atoms with Gasteiger partial charge in [-0.2, -0.15) is 16.8 Å². The summed E-state index contributed by atoms with van der Waals surface area (Å²) < 4.78 is 58.5. The first-order valence-corrected chi connectivity index (χ1v) is 8.14. The molecule has 23 heavy (non-hydrogen) atoms. The molecule has 8 N–H and O–H groups in total. The summed E-state index contributed by atoms with van der Waals surface area (Å²) in [6, 6.07) is 14.8. The third-order valence-corrected chi connectivity index (χ3v) is 3.82. The van der Waals surface area contributed by atoms with Crippen molar-refractivity contribution in [3.8, 4) is 0 Å². The molecule has 2 aromatic rings. The van der Waals surface area contributed by atoms with Gasteiger partial charge < -0.3 is 16.4 Å². The first-order valence-electron chi connectivity index (χ1n) is 5.26. The Morgan fingerprint density at radius 2 is 0.739 bits per heavy atom. The van der Waals surface area contributed by atoms with Crippen LogP contribution in [0.25, 0.3) is 0 Å². The number of hydrogen-bond acceptors (Lipinski definition) is 4. The lowest BCUT2D eigenvalue weighted by Crippen LogP contribution is -1.96. The van der Waals surface area contributed by atoms with Crippen LogP contribution >= 0.6 is 0 Å².